The Morgan fingerprint density at radius 1 is 1.59 bits per heavy atom. The number of carboxylic acid groups (broad SMARTS) is 1. The third-order valence-electron chi connectivity index (χ3n) is 1.93. The molecule has 0 unspecified atom stereocenters. The number of nitro benzene ring substituents is 1. The van der Waals surface area contributed by atoms with Gasteiger partial charge in [0.2, 0.25) is 0 Å². The molecule has 7 nitrogen and oxygen atoms in total. The lowest BCUT2D eigenvalue weighted by atomic mass is 10.2. The monoisotopic (exact) mass is 260 g/mol. The molecule has 1 atom stereocenters. The van der Waals surface area contributed by atoms with Crippen LogP contribution in [0.1, 0.15) is 0 Å². The number of hydrogen-bond acceptors (Lipinski definition) is 5. The molecule has 3 N–H and O–H groups in total. The summed E-state index contributed by atoms with van der Waals surface area (Å²) in [5, 5.41) is 30.4. The maximum atomic E-state index is 10.5. The van der Waals surface area contributed by atoms with Crippen molar-refractivity contribution in [2.24, 2.45) is 0 Å². The first-order valence-corrected chi connectivity index (χ1v) is 4.88. The SMILES string of the molecule is O=C(O)[C@@H](O)CNc1ccc([N+](=O)[O-])c(Cl)c1. The topological polar surface area (TPSA) is 113 Å². The van der Waals surface area contributed by atoms with Crippen LogP contribution in [0.15, 0.2) is 18.2 Å². The average Bonchev–Trinajstić information content (AvgIpc) is 2.25. The highest BCUT2D eigenvalue weighted by atomic mass is 35.5. The summed E-state index contributed by atoms with van der Waals surface area (Å²) in [7, 11) is 0. The number of hydrogen-bond donors (Lipinski definition) is 3. The zero-order valence-electron chi connectivity index (χ0n) is 8.46. The highest BCUT2D eigenvalue weighted by Gasteiger charge is 2.14. The lowest BCUT2D eigenvalue weighted by Gasteiger charge is -2.09. The quantitative estimate of drug-likeness (QED) is 0.540. The fraction of sp³-hybridized carbons (Fsp3) is 0.222. The summed E-state index contributed by atoms with van der Waals surface area (Å²) in [6, 6.07) is 3.85. The second kappa shape index (κ2) is 5.46. The van der Waals surface area contributed by atoms with E-state index in [2.05, 4.69) is 5.32 Å². The van der Waals surface area contributed by atoms with Crippen molar-refractivity contribution < 1.29 is 19.9 Å². The van der Waals surface area contributed by atoms with E-state index in [0.29, 0.717) is 5.69 Å². The summed E-state index contributed by atoms with van der Waals surface area (Å²) in [4.78, 5) is 20.2. The molecule has 8 heteroatoms. The van der Waals surface area contributed by atoms with Gasteiger partial charge < -0.3 is 15.5 Å². The van der Waals surface area contributed by atoms with Crippen LogP contribution in [0, 0.1) is 10.1 Å². The number of benzene rings is 1. The molecule has 0 spiro atoms. The summed E-state index contributed by atoms with van der Waals surface area (Å²) in [5.41, 5.74) is 0.150. The summed E-state index contributed by atoms with van der Waals surface area (Å²) < 4.78 is 0. The van der Waals surface area contributed by atoms with Crippen LogP contribution >= 0.6 is 11.6 Å². The van der Waals surface area contributed by atoms with Crippen LogP contribution in [0.2, 0.25) is 5.02 Å². The summed E-state index contributed by atoms with van der Waals surface area (Å²) in [5.74, 6) is -1.36. The smallest absolute Gasteiger partial charge is 0.334 e. The van der Waals surface area contributed by atoms with Gasteiger partial charge in [-0.25, -0.2) is 4.79 Å². The Balaban J connectivity index is 2.71. The Morgan fingerprint density at radius 3 is 2.71 bits per heavy atom. The molecular formula is C9H9ClN2O5. The van der Waals surface area contributed by atoms with Gasteiger partial charge in [-0.3, -0.25) is 10.1 Å². The molecule has 0 aromatic heterocycles. The molecule has 0 saturated carbocycles. The summed E-state index contributed by atoms with van der Waals surface area (Å²) in [6.45, 7) is -0.219. The van der Waals surface area contributed by atoms with Crippen molar-refractivity contribution in [3.05, 3.63) is 33.3 Å². The van der Waals surface area contributed by atoms with Gasteiger partial charge in [-0.1, -0.05) is 11.6 Å². The highest BCUT2D eigenvalue weighted by molar-refractivity contribution is 6.32. The second-order valence-corrected chi connectivity index (χ2v) is 3.57. The predicted molar refractivity (Wildman–Crippen MR) is 60.2 cm³/mol. The largest absolute Gasteiger partial charge is 0.479 e. The number of anilines is 1. The van der Waals surface area contributed by atoms with Crippen molar-refractivity contribution >= 4 is 28.9 Å². The number of nitrogens with one attached hydrogen (secondary N) is 1. The van der Waals surface area contributed by atoms with Crippen molar-refractivity contribution in [1.82, 2.24) is 0 Å². The number of halogens is 1. The zero-order chi connectivity index (χ0) is 13.0. The van der Waals surface area contributed by atoms with Gasteiger partial charge in [-0.2, -0.15) is 0 Å². The first-order chi connectivity index (χ1) is 7.91. The van der Waals surface area contributed by atoms with Gasteiger partial charge in [-0.05, 0) is 12.1 Å². The Kier molecular flexibility index (Phi) is 4.24. The Hall–Kier alpha value is -1.86. The molecule has 0 aliphatic rings. The number of nitrogens with zero attached hydrogens (tertiary/aromatic N) is 1. The van der Waals surface area contributed by atoms with E-state index in [1.165, 1.54) is 18.2 Å². The Labute approximate surface area is 101 Å². The van der Waals surface area contributed by atoms with Gasteiger partial charge in [0.25, 0.3) is 5.69 Å². The first-order valence-electron chi connectivity index (χ1n) is 4.50. The molecule has 0 aliphatic heterocycles. The van der Waals surface area contributed by atoms with Gasteiger partial charge >= 0.3 is 5.97 Å². The van der Waals surface area contributed by atoms with Gasteiger partial charge in [0.1, 0.15) is 5.02 Å². The van der Waals surface area contributed by atoms with Crippen LogP contribution in [0.4, 0.5) is 11.4 Å². The predicted octanol–water partition coefficient (Wildman–Crippen LogP) is 1.11. The van der Waals surface area contributed by atoms with Gasteiger partial charge in [0.05, 0.1) is 11.5 Å². The third kappa shape index (κ3) is 3.58. The van der Waals surface area contributed by atoms with Gasteiger partial charge in [-0.15, -0.1) is 0 Å². The molecule has 1 aromatic carbocycles. The lowest BCUT2D eigenvalue weighted by Crippen LogP contribution is -2.28. The molecule has 0 saturated heterocycles. The number of aliphatic hydroxyl groups is 1. The minimum absolute atomic E-state index is 0.0650. The first kappa shape index (κ1) is 13.2. The molecule has 0 heterocycles. The molecule has 0 radical (unpaired) electrons. The molecular weight excluding hydrogens is 252 g/mol. The van der Waals surface area contributed by atoms with Crippen LogP contribution < -0.4 is 5.32 Å². The van der Waals surface area contributed by atoms with E-state index in [9.17, 15) is 14.9 Å². The van der Waals surface area contributed by atoms with E-state index >= 15 is 0 Å². The molecule has 0 aliphatic carbocycles. The van der Waals surface area contributed by atoms with Crippen molar-refractivity contribution in [1.29, 1.82) is 0 Å². The Bertz CT molecular complexity index is 451. The van der Waals surface area contributed by atoms with E-state index in [4.69, 9.17) is 21.8 Å². The van der Waals surface area contributed by atoms with E-state index in [0.717, 1.165) is 0 Å². The van der Waals surface area contributed by atoms with Gasteiger partial charge in [0, 0.05) is 11.8 Å². The van der Waals surface area contributed by atoms with Crippen LogP contribution in [-0.4, -0.2) is 33.8 Å². The fourth-order valence-corrected chi connectivity index (χ4v) is 1.32. The van der Waals surface area contributed by atoms with E-state index in [1.807, 2.05) is 0 Å². The van der Waals surface area contributed by atoms with Crippen molar-refractivity contribution in [2.45, 2.75) is 6.10 Å². The number of carbonyl (C=O) groups is 1. The van der Waals surface area contributed by atoms with Crippen molar-refractivity contribution in [3.63, 3.8) is 0 Å². The van der Waals surface area contributed by atoms with E-state index in [1.54, 1.807) is 0 Å². The summed E-state index contributed by atoms with van der Waals surface area (Å²) >= 11 is 5.64. The number of nitro groups is 1. The molecule has 92 valence electrons. The maximum Gasteiger partial charge on any atom is 0.334 e. The molecule has 0 fully saturated rings. The fourth-order valence-electron chi connectivity index (χ4n) is 1.07. The number of aliphatic hydroxyl groups excluding tert-OH is 1. The maximum absolute atomic E-state index is 10.5. The molecule has 17 heavy (non-hydrogen) atoms. The third-order valence-corrected chi connectivity index (χ3v) is 2.23. The van der Waals surface area contributed by atoms with E-state index < -0.39 is 17.0 Å². The summed E-state index contributed by atoms with van der Waals surface area (Å²) in [6.07, 6.45) is -1.55. The Morgan fingerprint density at radius 2 is 2.24 bits per heavy atom. The average molecular weight is 261 g/mol. The van der Waals surface area contributed by atoms with Crippen LogP contribution in [0.25, 0.3) is 0 Å². The minimum Gasteiger partial charge on any atom is -0.479 e. The van der Waals surface area contributed by atoms with Crippen molar-refractivity contribution in [2.75, 3.05) is 11.9 Å². The van der Waals surface area contributed by atoms with Crippen molar-refractivity contribution in [3.8, 4) is 0 Å². The normalized spacial score (nSPS) is 11.9. The molecule has 0 amide bonds. The van der Waals surface area contributed by atoms with E-state index in [-0.39, 0.29) is 17.3 Å². The van der Waals surface area contributed by atoms with Crippen LogP contribution in [0.5, 0.6) is 0 Å². The molecule has 1 aromatic rings. The lowest BCUT2D eigenvalue weighted by molar-refractivity contribution is -0.384. The zero-order valence-corrected chi connectivity index (χ0v) is 9.22. The molecule has 1 rings (SSSR count). The number of aliphatic carboxylic acids is 1. The minimum atomic E-state index is -1.55. The van der Waals surface area contributed by atoms with Crippen LogP contribution in [0.3, 0.4) is 0 Å². The van der Waals surface area contributed by atoms with Crippen LogP contribution in [-0.2, 0) is 4.79 Å². The molecule has 0 bridgehead atoms. The second-order valence-electron chi connectivity index (χ2n) is 3.16. The number of carboxylic acids is 1. The van der Waals surface area contributed by atoms with Gasteiger partial charge in [0.15, 0.2) is 6.10 Å². The standard InChI is InChI=1S/C9H9ClN2O5/c10-6-3-5(1-2-7(6)12(16)17)11-4-8(13)9(14)15/h1-3,8,11,13H,4H2,(H,14,15)/t8-/m0/s1. The number of rotatable bonds is 5. The highest BCUT2D eigenvalue weighted by Crippen LogP contribution is 2.27.